The van der Waals surface area contributed by atoms with Gasteiger partial charge in [0.2, 0.25) is 0 Å². The Morgan fingerprint density at radius 1 is 1.14 bits per heavy atom. The number of ether oxygens (including phenoxy) is 2. The zero-order valence-electron chi connectivity index (χ0n) is 25.0. The van der Waals surface area contributed by atoms with Gasteiger partial charge in [-0.25, -0.2) is 18.0 Å². The number of anilines is 1. The molecule has 0 saturated heterocycles. The maximum atomic E-state index is 15.9. The van der Waals surface area contributed by atoms with Crippen LogP contribution in [0.4, 0.5) is 18.9 Å². The molecule has 5 rings (SSSR count). The highest BCUT2D eigenvalue weighted by molar-refractivity contribution is 6.02. The Bertz CT molecular complexity index is 1640. The van der Waals surface area contributed by atoms with Gasteiger partial charge in [0.15, 0.2) is 0 Å². The average molecular weight is 609 g/mol. The second-order valence-corrected chi connectivity index (χ2v) is 11.6. The number of fused-ring (bicyclic) bond motifs is 3. The number of nitrogens with zero attached hydrogens (tertiary/aromatic N) is 2. The van der Waals surface area contributed by atoms with E-state index in [-0.39, 0.29) is 49.4 Å². The molecule has 0 unspecified atom stereocenters. The number of rotatable bonds is 10. The summed E-state index contributed by atoms with van der Waals surface area (Å²) in [6.45, 7) is 6.60. The molecule has 2 aromatic heterocycles. The number of esters is 1. The van der Waals surface area contributed by atoms with Crippen molar-refractivity contribution in [3.8, 4) is 0 Å². The zero-order chi connectivity index (χ0) is 31.6. The fraction of sp³-hybridized carbons (Fsp3) is 0.364. The molecule has 0 saturated carbocycles. The number of para-hydroxylation sites is 1. The van der Waals surface area contributed by atoms with Gasteiger partial charge in [-0.3, -0.25) is 14.7 Å². The molecule has 232 valence electrons. The van der Waals surface area contributed by atoms with Crippen LogP contribution in [0.2, 0.25) is 0 Å². The van der Waals surface area contributed by atoms with E-state index in [9.17, 15) is 9.59 Å². The summed E-state index contributed by atoms with van der Waals surface area (Å²) in [5.74, 6) is -2.89. The summed E-state index contributed by atoms with van der Waals surface area (Å²) in [5.41, 5.74) is 1.11. The van der Waals surface area contributed by atoms with Crippen molar-refractivity contribution < 1.29 is 32.2 Å². The Hall–Kier alpha value is -4.22. The Labute approximate surface area is 253 Å². The van der Waals surface area contributed by atoms with Crippen molar-refractivity contribution in [2.24, 2.45) is 0 Å². The number of carbonyl (C=O) groups excluding carboxylic acids is 2. The Balaban J connectivity index is 1.39. The molecule has 1 aliphatic rings. The number of aromatic nitrogens is 2. The predicted octanol–water partition coefficient (Wildman–Crippen LogP) is 6.26. The fourth-order valence-corrected chi connectivity index (χ4v) is 5.71. The maximum Gasteiger partial charge on any atom is 0.332 e. The van der Waals surface area contributed by atoms with Crippen LogP contribution in [0.15, 0.2) is 54.7 Å². The molecule has 11 heteroatoms. The largest absolute Gasteiger partial charge is 0.464 e. The normalized spacial score (nSPS) is 17.0. The van der Waals surface area contributed by atoms with Crippen molar-refractivity contribution in [3.63, 3.8) is 0 Å². The van der Waals surface area contributed by atoms with E-state index in [4.69, 9.17) is 9.47 Å². The number of hydrogen-bond donors (Lipinski definition) is 2. The van der Waals surface area contributed by atoms with E-state index < -0.39 is 35.2 Å². The SMILES string of the molecule is CCOC(=O)COCc1ccc(C(=O)Nc2cc(F)c([C@@H]3c4[nH]c5ccccc5c4C[C@@H](C)N3CC(C)(C)F)c(F)c2)nc1. The molecule has 2 N–H and O–H groups in total. The first-order chi connectivity index (χ1) is 20.9. The van der Waals surface area contributed by atoms with E-state index in [0.717, 1.165) is 28.6 Å². The van der Waals surface area contributed by atoms with Gasteiger partial charge in [-0.15, -0.1) is 0 Å². The second-order valence-electron chi connectivity index (χ2n) is 11.6. The Kier molecular flexibility index (Phi) is 9.07. The Morgan fingerprint density at radius 2 is 1.86 bits per heavy atom. The third-order valence-electron chi connectivity index (χ3n) is 7.54. The number of benzene rings is 2. The highest BCUT2D eigenvalue weighted by Gasteiger charge is 2.41. The molecule has 44 heavy (non-hydrogen) atoms. The average Bonchev–Trinajstić information content (AvgIpc) is 3.32. The van der Waals surface area contributed by atoms with Crippen LogP contribution in [-0.2, 0) is 27.3 Å². The minimum absolute atomic E-state index is 0.0178. The van der Waals surface area contributed by atoms with E-state index >= 15 is 13.2 Å². The number of nitrogens with one attached hydrogen (secondary N) is 2. The van der Waals surface area contributed by atoms with Gasteiger partial charge in [0.1, 0.15) is 29.6 Å². The molecule has 0 aliphatic carbocycles. The monoisotopic (exact) mass is 608 g/mol. The molecule has 8 nitrogen and oxygen atoms in total. The summed E-state index contributed by atoms with van der Waals surface area (Å²) < 4.78 is 56.9. The van der Waals surface area contributed by atoms with Crippen LogP contribution >= 0.6 is 0 Å². The fourth-order valence-electron chi connectivity index (χ4n) is 5.71. The van der Waals surface area contributed by atoms with Gasteiger partial charge >= 0.3 is 5.97 Å². The maximum absolute atomic E-state index is 15.9. The highest BCUT2D eigenvalue weighted by Crippen LogP contribution is 2.43. The number of hydrogen-bond acceptors (Lipinski definition) is 6. The molecule has 1 aliphatic heterocycles. The van der Waals surface area contributed by atoms with Crippen LogP contribution < -0.4 is 5.32 Å². The molecule has 4 aromatic rings. The van der Waals surface area contributed by atoms with Gasteiger partial charge in [0.25, 0.3) is 5.91 Å². The summed E-state index contributed by atoms with van der Waals surface area (Å²) in [5, 5.41) is 3.47. The van der Waals surface area contributed by atoms with Crippen molar-refractivity contribution >= 4 is 28.5 Å². The molecule has 2 atom stereocenters. The zero-order valence-corrected chi connectivity index (χ0v) is 25.0. The molecule has 2 aromatic carbocycles. The molecule has 1 amide bonds. The number of pyridine rings is 1. The lowest BCUT2D eigenvalue weighted by molar-refractivity contribution is -0.148. The van der Waals surface area contributed by atoms with Crippen LogP contribution in [0.25, 0.3) is 10.9 Å². The Morgan fingerprint density at radius 3 is 2.52 bits per heavy atom. The summed E-state index contributed by atoms with van der Waals surface area (Å²) in [6.07, 6.45) is 2.00. The first-order valence-corrected chi connectivity index (χ1v) is 14.5. The van der Waals surface area contributed by atoms with E-state index in [1.54, 1.807) is 17.9 Å². The summed E-state index contributed by atoms with van der Waals surface area (Å²) in [7, 11) is 0. The number of amides is 1. The van der Waals surface area contributed by atoms with E-state index in [1.165, 1.54) is 26.1 Å². The van der Waals surface area contributed by atoms with Gasteiger partial charge in [0, 0.05) is 46.6 Å². The minimum Gasteiger partial charge on any atom is -0.464 e. The smallest absolute Gasteiger partial charge is 0.332 e. The number of alkyl halides is 1. The predicted molar refractivity (Wildman–Crippen MR) is 160 cm³/mol. The van der Waals surface area contributed by atoms with Crippen molar-refractivity contribution in [1.29, 1.82) is 0 Å². The van der Waals surface area contributed by atoms with E-state index in [0.29, 0.717) is 17.7 Å². The summed E-state index contributed by atoms with van der Waals surface area (Å²) >= 11 is 0. The van der Waals surface area contributed by atoms with Crippen LogP contribution in [0.3, 0.4) is 0 Å². The molecule has 3 heterocycles. The quantitative estimate of drug-likeness (QED) is 0.207. The van der Waals surface area contributed by atoms with Crippen molar-refractivity contribution in [2.75, 3.05) is 25.1 Å². The molecule has 0 spiro atoms. The summed E-state index contributed by atoms with van der Waals surface area (Å²) in [6, 6.07) is 11.7. The van der Waals surface area contributed by atoms with Gasteiger partial charge < -0.3 is 19.8 Å². The molecular weight excluding hydrogens is 573 g/mol. The number of carbonyl (C=O) groups is 2. The van der Waals surface area contributed by atoms with Crippen LogP contribution in [0.1, 0.15) is 66.6 Å². The van der Waals surface area contributed by atoms with Crippen molar-refractivity contribution in [2.45, 2.75) is 58.5 Å². The first-order valence-electron chi connectivity index (χ1n) is 14.5. The topological polar surface area (TPSA) is 96.5 Å². The number of H-pyrrole nitrogens is 1. The molecule has 0 radical (unpaired) electrons. The standard InChI is InChI=1S/C33H35F3N4O4/c1-5-44-28(41)17-43-16-20-10-11-27(37-15-20)32(42)38-21-13-24(34)29(25(35)14-21)31-30-23(22-8-6-7-9-26(22)39-30)12-19(2)40(31)18-33(3,4)36/h6-11,13-15,19,31,39H,5,12,16-18H2,1-4H3,(H,38,42)/t19-,31-/m1/s1. The lowest BCUT2D eigenvalue weighted by Gasteiger charge is -2.43. The van der Waals surface area contributed by atoms with Gasteiger partial charge in [-0.1, -0.05) is 24.3 Å². The van der Waals surface area contributed by atoms with E-state index in [2.05, 4.69) is 15.3 Å². The van der Waals surface area contributed by atoms with Gasteiger partial charge in [-0.2, -0.15) is 0 Å². The number of halogens is 3. The van der Waals surface area contributed by atoms with Crippen LogP contribution in [0, 0.1) is 11.6 Å². The third kappa shape index (κ3) is 6.79. The highest BCUT2D eigenvalue weighted by atomic mass is 19.1. The first kappa shape index (κ1) is 31.2. The second kappa shape index (κ2) is 12.8. The molecular formula is C33H35F3N4O4. The minimum atomic E-state index is -1.62. The van der Waals surface area contributed by atoms with E-state index in [1.807, 2.05) is 31.2 Å². The van der Waals surface area contributed by atoms with Crippen LogP contribution in [-0.4, -0.2) is 58.2 Å². The lowest BCUT2D eigenvalue weighted by atomic mass is 9.87. The molecule has 0 bridgehead atoms. The van der Waals surface area contributed by atoms with Gasteiger partial charge in [-0.05, 0) is 69.5 Å². The lowest BCUT2D eigenvalue weighted by Crippen LogP contribution is -2.48. The van der Waals surface area contributed by atoms with Crippen LogP contribution in [0.5, 0.6) is 0 Å². The van der Waals surface area contributed by atoms with Gasteiger partial charge in [0.05, 0.1) is 19.3 Å². The summed E-state index contributed by atoms with van der Waals surface area (Å²) in [4.78, 5) is 33.5. The van der Waals surface area contributed by atoms with Crippen molar-refractivity contribution in [3.05, 3.63) is 94.4 Å². The third-order valence-corrected chi connectivity index (χ3v) is 7.54. The van der Waals surface area contributed by atoms with Crippen molar-refractivity contribution in [1.82, 2.24) is 14.9 Å². The molecule has 0 fully saturated rings. The number of aromatic amines is 1.